The molecule has 0 radical (unpaired) electrons. The van der Waals surface area contributed by atoms with Crippen LogP contribution < -0.4 is 10.6 Å². The predicted octanol–water partition coefficient (Wildman–Crippen LogP) is 1.75. The lowest BCUT2D eigenvalue weighted by molar-refractivity contribution is -0.385. The van der Waals surface area contributed by atoms with Crippen molar-refractivity contribution in [1.29, 1.82) is 0 Å². The van der Waals surface area contributed by atoms with Crippen LogP contribution in [0.25, 0.3) is 0 Å². The van der Waals surface area contributed by atoms with Gasteiger partial charge in [-0.25, -0.2) is 4.98 Å². The first-order chi connectivity index (χ1) is 12.6. The number of thioether (sulfide) groups is 2. The summed E-state index contributed by atoms with van der Waals surface area (Å²) in [5, 5.41) is 34.9. The topological polar surface area (TPSA) is 133 Å². The first-order valence-electron chi connectivity index (χ1n) is 8.48. The van der Waals surface area contributed by atoms with Gasteiger partial charge in [0.2, 0.25) is 11.8 Å². The Bertz CT molecular complexity index is 551. The van der Waals surface area contributed by atoms with Crippen LogP contribution in [0.4, 0.5) is 17.5 Å². The lowest BCUT2D eigenvalue weighted by Crippen LogP contribution is -2.14. The van der Waals surface area contributed by atoms with Gasteiger partial charge in [0.05, 0.1) is 4.92 Å². The van der Waals surface area contributed by atoms with Gasteiger partial charge in [0, 0.05) is 37.8 Å². The van der Waals surface area contributed by atoms with Gasteiger partial charge in [0.15, 0.2) is 0 Å². The molecule has 0 spiro atoms. The number of rotatable bonds is 15. The highest BCUT2D eigenvalue weighted by Gasteiger charge is 2.21. The number of hydrogen-bond acceptors (Lipinski definition) is 10. The van der Waals surface area contributed by atoms with E-state index in [1.807, 2.05) is 0 Å². The molecule has 0 saturated heterocycles. The van der Waals surface area contributed by atoms with Gasteiger partial charge in [-0.1, -0.05) is 0 Å². The fourth-order valence-electron chi connectivity index (χ4n) is 2.00. The van der Waals surface area contributed by atoms with Gasteiger partial charge in [0.1, 0.15) is 5.69 Å². The minimum atomic E-state index is -0.467. The molecule has 0 fully saturated rings. The zero-order chi connectivity index (χ0) is 19.2. The molecule has 11 heteroatoms. The van der Waals surface area contributed by atoms with E-state index in [9.17, 15) is 10.1 Å². The van der Waals surface area contributed by atoms with Gasteiger partial charge in [0.25, 0.3) is 0 Å². The summed E-state index contributed by atoms with van der Waals surface area (Å²) in [6.07, 6.45) is 1.50. The van der Waals surface area contributed by atoms with Crippen LogP contribution in [0.15, 0.2) is 0 Å². The number of aromatic nitrogens is 2. The zero-order valence-electron chi connectivity index (χ0n) is 14.9. The van der Waals surface area contributed by atoms with Gasteiger partial charge in [-0.3, -0.25) is 10.1 Å². The first-order valence-corrected chi connectivity index (χ1v) is 10.8. The second-order valence-electron chi connectivity index (χ2n) is 5.32. The summed E-state index contributed by atoms with van der Waals surface area (Å²) in [5.74, 6) is 3.93. The van der Waals surface area contributed by atoms with Crippen molar-refractivity contribution in [2.24, 2.45) is 0 Å². The Morgan fingerprint density at radius 2 is 1.58 bits per heavy atom. The van der Waals surface area contributed by atoms with Gasteiger partial charge in [-0.2, -0.15) is 28.5 Å². The maximum atomic E-state index is 11.3. The largest absolute Gasteiger partial charge is 0.396 e. The van der Waals surface area contributed by atoms with Crippen LogP contribution in [0.1, 0.15) is 18.5 Å². The highest BCUT2D eigenvalue weighted by molar-refractivity contribution is 7.99. The van der Waals surface area contributed by atoms with E-state index in [0.717, 1.165) is 35.9 Å². The number of aryl methyl sites for hydroxylation is 1. The van der Waals surface area contributed by atoms with Crippen LogP contribution in [0, 0.1) is 17.0 Å². The molecule has 148 valence electrons. The molecule has 4 N–H and O–H groups in total. The Kier molecular flexibility index (Phi) is 12.1. The molecule has 9 nitrogen and oxygen atoms in total. The van der Waals surface area contributed by atoms with Crippen molar-refractivity contribution in [2.45, 2.75) is 19.8 Å². The number of aliphatic hydroxyl groups is 2. The van der Waals surface area contributed by atoms with Gasteiger partial charge < -0.3 is 20.8 Å². The molecule has 1 aromatic rings. The molecule has 1 aromatic heterocycles. The lowest BCUT2D eigenvalue weighted by atomic mass is 10.3. The average Bonchev–Trinajstić information content (AvgIpc) is 2.60. The van der Waals surface area contributed by atoms with Crippen LogP contribution in [0.3, 0.4) is 0 Å². The molecule has 0 aromatic carbocycles. The Morgan fingerprint density at radius 1 is 1.00 bits per heavy atom. The summed E-state index contributed by atoms with van der Waals surface area (Å²) in [6.45, 7) is 3.15. The number of hydrogen-bond donors (Lipinski definition) is 4. The smallest absolute Gasteiger partial charge is 0.332 e. The number of anilines is 2. The van der Waals surface area contributed by atoms with Crippen molar-refractivity contribution in [3.63, 3.8) is 0 Å². The number of nitrogens with zero attached hydrogens (tertiary/aromatic N) is 3. The molecular weight excluding hydrogens is 378 g/mol. The molecule has 26 heavy (non-hydrogen) atoms. The Hall–Kier alpha value is -1.30. The zero-order valence-corrected chi connectivity index (χ0v) is 16.6. The second kappa shape index (κ2) is 13.8. The molecule has 0 aliphatic carbocycles. The molecule has 0 amide bonds. The maximum absolute atomic E-state index is 11.3. The predicted molar refractivity (Wildman–Crippen MR) is 108 cm³/mol. The van der Waals surface area contributed by atoms with E-state index < -0.39 is 4.92 Å². The van der Waals surface area contributed by atoms with Crippen molar-refractivity contribution in [1.82, 2.24) is 9.97 Å². The molecule has 0 aliphatic rings. The molecule has 0 bridgehead atoms. The van der Waals surface area contributed by atoms with E-state index in [0.29, 0.717) is 24.7 Å². The van der Waals surface area contributed by atoms with Crippen LogP contribution in [0.2, 0.25) is 0 Å². The maximum Gasteiger partial charge on any atom is 0.332 e. The summed E-state index contributed by atoms with van der Waals surface area (Å²) in [4.78, 5) is 19.3. The SMILES string of the molecule is Cc1nc(NCCSCCCO)nc(NCCSCCCO)c1[N+](=O)[O-]. The Balaban J connectivity index is 2.58. The van der Waals surface area contributed by atoms with Crippen LogP contribution >= 0.6 is 23.5 Å². The third kappa shape index (κ3) is 8.88. The van der Waals surface area contributed by atoms with Crippen molar-refractivity contribution in [3.05, 3.63) is 15.8 Å². The van der Waals surface area contributed by atoms with Gasteiger partial charge in [-0.15, -0.1) is 0 Å². The van der Waals surface area contributed by atoms with Crippen molar-refractivity contribution in [3.8, 4) is 0 Å². The van der Waals surface area contributed by atoms with Crippen molar-refractivity contribution < 1.29 is 15.1 Å². The molecule has 0 saturated carbocycles. The van der Waals surface area contributed by atoms with Crippen molar-refractivity contribution >= 4 is 41.0 Å². The quantitative estimate of drug-likeness (QED) is 0.194. The standard InChI is InChI=1S/C15H27N5O4S2/c1-12-13(20(23)24)14(16-4-10-25-8-2-6-21)19-15(18-12)17-5-11-26-9-3-7-22/h21-22H,2-11H2,1H3,(H2,16,17,18,19). The average molecular weight is 406 g/mol. The van der Waals surface area contributed by atoms with Crippen LogP contribution in [0.5, 0.6) is 0 Å². The minimum absolute atomic E-state index is 0.103. The highest BCUT2D eigenvalue weighted by Crippen LogP contribution is 2.26. The van der Waals surface area contributed by atoms with E-state index in [2.05, 4.69) is 20.6 Å². The summed E-state index contributed by atoms with van der Waals surface area (Å²) in [7, 11) is 0. The summed E-state index contributed by atoms with van der Waals surface area (Å²) in [5.41, 5.74) is 0.212. The summed E-state index contributed by atoms with van der Waals surface area (Å²) >= 11 is 3.39. The molecule has 1 heterocycles. The Labute approximate surface area is 161 Å². The highest BCUT2D eigenvalue weighted by atomic mass is 32.2. The van der Waals surface area contributed by atoms with E-state index in [1.165, 1.54) is 0 Å². The van der Waals surface area contributed by atoms with Gasteiger partial charge in [-0.05, 0) is 31.3 Å². The van der Waals surface area contributed by atoms with Crippen molar-refractivity contribution in [2.75, 3.05) is 59.9 Å². The monoisotopic (exact) mass is 405 g/mol. The summed E-state index contributed by atoms with van der Waals surface area (Å²) < 4.78 is 0. The third-order valence-corrected chi connectivity index (χ3v) is 5.34. The number of nitrogens with one attached hydrogen (secondary N) is 2. The normalized spacial score (nSPS) is 10.7. The van der Waals surface area contributed by atoms with Crippen LogP contribution in [-0.2, 0) is 0 Å². The van der Waals surface area contributed by atoms with E-state index in [1.54, 1.807) is 30.4 Å². The fraction of sp³-hybridized carbons (Fsp3) is 0.733. The number of aliphatic hydroxyl groups excluding tert-OH is 2. The van der Waals surface area contributed by atoms with Gasteiger partial charge >= 0.3 is 5.69 Å². The third-order valence-electron chi connectivity index (χ3n) is 3.20. The molecular formula is C15H27N5O4S2. The lowest BCUT2D eigenvalue weighted by Gasteiger charge is -2.11. The number of nitro groups is 1. The van der Waals surface area contributed by atoms with E-state index >= 15 is 0 Å². The fourth-order valence-corrected chi connectivity index (χ4v) is 3.57. The van der Waals surface area contributed by atoms with Crippen LogP contribution in [-0.4, -0.2) is 74.4 Å². The minimum Gasteiger partial charge on any atom is -0.396 e. The molecule has 0 unspecified atom stereocenters. The molecule has 0 atom stereocenters. The first kappa shape index (κ1) is 22.7. The second-order valence-corrected chi connectivity index (χ2v) is 7.77. The van der Waals surface area contributed by atoms with E-state index in [-0.39, 0.29) is 24.7 Å². The molecule has 0 aliphatic heterocycles. The molecule has 1 rings (SSSR count). The Morgan fingerprint density at radius 3 is 2.12 bits per heavy atom. The summed E-state index contributed by atoms with van der Waals surface area (Å²) in [6, 6.07) is 0. The van der Waals surface area contributed by atoms with E-state index in [4.69, 9.17) is 10.2 Å².